The molecular weight excluding hydrogens is 329 g/mol. The number of hydrogen-bond donors (Lipinski definition) is 1. The Morgan fingerprint density at radius 2 is 1.85 bits per heavy atom. The van der Waals surface area contributed by atoms with Gasteiger partial charge in [-0.3, -0.25) is 4.99 Å². The zero-order valence-corrected chi connectivity index (χ0v) is 15.5. The van der Waals surface area contributed by atoms with E-state index in [0.717, 1.165) is 45.0 Å². The van der Waals surface area contributed by atoms with Gasteiger partial charge in [-0.2, -0.15) is 0 Å². The number of benzene rings is 1. The highest BCUT2D eigenvalue weighted by molar-refractivity contribution is 5.80. The highest BCUT2D eigenvalue weighted by Gasteiger charge is 2.53. The minimum absolute atomic E-state index is 0.117. The van der Waals surface area contributed by atoms with Crippen molar-refractivity contribution in [3.63, 3.8) is 0 Å². The average molecular weight is 357 g/mol. The number of hydrogen-bond acceptors (Lipinski definition) is 2. The van der Waals surface area contributed by atoms with Crippen molar-refractivity contribution in [2.24, 2.45) is 16.8 Å². The Kier molecular flexibility index (Phi) is 3.96. The molecule has 3 aliphatic heterocycles. The fourth-order valence-electron chi connectivity index (χ4n) is 5.28. The maximum Gasteiger partial charge on any atom is 0.193 e. The lowest BCUT2D eigenvalue weighted by Gasteiger charge is -2.24. The van der Waals surface area contributed by atoms with Crippen molar-refractivity contribution in [2.45, 2.75) is 50.2 Å². The second kappa shape index (κ2) is 6.22. The molecule has 1 aromatic carbocycles. The monoisotopic (exact) mass is 357 g/mol. The molecule has 4 nitrogen and oxygen atoms in total. The molecule has 1 N–H and O–H groups in total. The van der Waals surface area contributed by atoms with Crippen LogP contribution < -0.4 is 5.32 Å². The molecule has 3 heterocycles. The molecular formula is C21H28FN3O. The van der Waals surface area contributed by atoms with Crippen LogP contribution in [0.25, 0.3) is 0 Å². The Morgan fingerprint density at radius 1 is 1.19 bits per heavy atom. The number of nitrogens with zero attached hydrogens (tertiary/aromatic N) is 2. The first kappa shape index (κ1) is 16.5. The number of likely N-dealkylation sites (tertiary alicyclic amines) is 1. The maximum atomic E-state index is 13.2. The van der Waals surface area contributed by atoms with Crippen molar-refractivity contribution >= 4 is 5.96 Å². The number of fused-ring (bicyclic) bond motifs is 5. The van der Waals surface area contributed by atoms with E-state index in [-0.39, 0.29) is 11.2 Å². The zero-order valence-electron chi connectivity index (χ0n) is 15.5. The van der Waals surface area contributed by atoms with Gasteiger partial charge in [0, 0.05) is 36.9 Å². The first-order chi connectivity index (χ1) is 12.7. The molecule has 4 fully saturated rings. The van der Waals surface area contributed by atoms with Gasteiger partial charge in [-0.25, -0.2) is 4.39 Å². The van der Waals surface area contributed by atoms with Gasteiger partial charge in [-0.05, 0) is 50.3 Å². The lowest BCUT2D eigenvalue weighted by molar-refractivity contribution is 0.0767. The van der Waals surface area contributed by atoms with Crippen molar-refractivity contribution in [1.82, 2.24) is 10.2 Å². The Labute approximate surface area is 154 Å². The van der Waals surface area contributed by atoms with E-state index < -0.39 is 0 Å². The number of aliphatic imine (C=N–C) groups is 1. The third kappa shape index (κ3) is 2.72. The van der Waals surface area contributed by atoms with Gasteiger partial charge in [-0.15, -0.1) is 0 Å². The van der Waals surface area contributed by atoms with Gasteiger partial charge in [0.2, 0.25) is 0 Å². The van der Waals surface area contributed by atoms with Crippen molar-refractivity contribution < 1.29 is 9.13 Å². The molecule has 0 radical (unpaired) electrons. The van der Waals surface area contributed by atoms with Gasteiger partial charge in [0.15, 0.2) is 5.96 Å². The predicted octanol–water partition coefficient (Wildman–Crippen LogP) is 2.93. The molecule has 5 heteroatoms. The van der Waals surface area contributed by atoms with Crippen LogP contribution in [-0.2, 0) is 10.2 Å². The largest absolute Gasteiger partial charge is 0.374 e. The molecule has 1 aliphatic carbocycles. The summed E-state index contributed by atoms with van der Waals surface area (Å²) in [6.07, 6.45) is 5.72. The highest BCUT2D eigenvalue weighted by Crippen LogP contribution is 2.49. The van der Waals surface area contributed by atoms with Crippen LogP contribution in [0.5, 0.6) is 0 Å². The van der Waals surface area contributed by atoms with Crippen LogP contribution >= 0.6 is 0 Å². The second-order valence-electron chi connectivity index (χ2n) is 8.48. The van der Waals surface area contributed by atoms with Crippen molar-refractivity contribution in [2.75, 3.05) is 26.2 Å². The number of halogens is 1. The molecule has 3 saturated heterocycles. The minimum Gasteiger partial charge on any atom is -0.374 e. The molecule has 2 bridgehead atoms. The Morgan fingerprint density at radius 3 is 2.42 bits per heavy atom. The van der Waals surface area contributed by atoms with E-state index in [0.29, 0.717) is 24.0 Å². The van der Waals surface area contributed by atoms with E-state index in [1.807, 2.05) is 12.1 Å². The molecule has 4 atom stereocenters. The smallest absolute Gasteiger partial charge is 0.193 e. The maximum absolute atomic E-state index is 13.2. The third-order valence-corrected chi connectivity index (χ3v) is 6.93. The van der Waals surface area contributed by atoms with Gasteiger partial charge in [0.05, 0.1) is 18.8 Å². The van der Waals surface area contributed by atoms with E-state index in [1.165, 1.54) is 18.4 Å². The summed E-state index contributed by atoms with van der Waals surface area (Å²) in [6, 6.07) is 7.00. The highest BCUT2D eigenvalue weighted by atomic mass is 19.1. The van der Waals surface area contributed by atoms with Gasteiger partial charge in [0.25, 0.3) is 0 Å². The topological polar surface area (TPSA) is 36.9 Å². The van der Waals surface area contributed by atoms with Gasteiger partial charge in [0.1, 0.15) is 5.82 Å². The minimum atomic E-state index is -0.165. The first-order valence-electron chi connectivity index (χ1n) is 10.1. The van der Waals surface area contributed by atoms with Crippen LogP contribution in [0.4, 0.5) is 4.39 Å². The first-order valence-corrected chi connectivity index (χ1v) is 10.1. The van der Waals surface area contributed by atoms with E-state index in [9.17, 15) is 4.39 Å². The van der Waals surface area contributed by atoms with Crippen LogP contribution in [0, 0.1) is 17.7 Å². The molecule has 4 aliphatic rings. The molecule has 1 aromatic rings. The van der Waals surface area contributed by atoms with E-state index in [2.05, 4.69) is 17.1 Å². The second-order valence-corrected chi connectivity index (χ2v) is 8.48. The van der Waals surface area contributed by atoms with Crippen LogP contribution in [0.15, 0.2) is 29.3 Å². The summed E-state index contributed by atoms with van der Waals surface area (Å²) in [5.74, 6) is 2.26. The Balaban J connectivity index is 1.31. The molecule has 0 aromatic heterocycles. The van der Waals surface area contributed by atoms with Crippen LogP contribution in [-0.4, -0.2) is 49.2 Å². The molecule has 5 rings (SSSR count). The van der Waals surface area contributed by atoms with Crippen LogP contribution in [0.2, 0.25) is 0 Å². The summed E-state index contributed by atoms with van der Waals surface area (Å²) >= 11 is 0. The van der Waals surface area contributed by atoms with Gasteiger partial charge in [-0.1, -0.05) is 12.1 Å². The summed E-state index contributed by atoms with van der Waals surface area (Å²) in [5.41, 5.74) is 1.34. The zero-order chi connectivity index (χ0) is 17.7. The van der Waals surface area contributed by atoms with E-state index >= 15 is 0 Å². The average Bonchev–Trinajstić information content (AvgIpc) is 3.00. The number of guanidine groups is 1. The van der Waals surface area contributed by atoms with Crippen molar-refractivity contribution in [3.05, 3.63) is 35.6 Å². The van der Waals surface area contributed by atoms with Crippen LogP contribution in [0.1, 0.15) is 38.2 Å². The molecule has 4 unspecified atom stereocenters. The quantitative estimate of drug-likeness (QED) is 0.665. The summed E-state index contributed by atoms with van der Waals surface area (Å²) in [7, 11) is 0. The molecule has 1 saturated carbocycles. The number of nitrogens with one attached hydrogen (secondary N) is 1. The predicted molar refractivity (Wildman–Crippen MR) is 99.7 cm³/mol. The van der Waals surface area contributed by atoms with E-state index in [1.54, 1.807) is 12.1 Å². The molecule has 26 heavy (non-hydrogen) atoms. The summed E-state index contributed by atoms with van der Waals surface area (Å²) in [5, 5.41) is 3.50. The molecule has 0 amide bonds. The summed E-state index contributed by atoms with van der Waals surface area (Å²) < 4.78 is 19.3. The lowest BCUT2D eigenvalue weighted by Crippen LogP contribution is -2.41. The van der Waals surface area contributed by atoms with Crippen molar-refractivity contribution in [3.8, 4) is 0 Å². The Bertz CT molecular complexity index is 682. The van der Waals surface area contributed by atoms with Crippen molar-refractivity contribution in [1.29, 1.82) is 0 Å². The van der Waals surface area contributed by atoms with E-state index in [4.69, 9.17) is 9.73 Å². The summed E-state index contributed by atoms with van der Waals surface area (Å²) in [4.78, 5) is 7.47. The molecule has 0 spiro atoms. The Hall–Kier alpha value is -1.62. The third-order valence-electron chi connectivity index (χ3n) is 6.93. The number of ether oxygens (including phenoxy) is 1. The lowest BCUT2D eigenvalue weighted by atomic mass is 9.82. The fraction of sp³-hybridized carbons (Fsp3) is 0.667. The fourth-order valence-corrected chi connectivity index (χ4v) is 5.28. The summed E-state index contributed by atoms with van der Waals surface area (Å²) in [6.45, 7) is 5.95. The van der Waals surface area contributed by atoms with Crippen LogP contribution in [0.3, 0.4) is 0 Å². The standard InChI is InChI=1S/C21H28FN3O/c1-2-23-20(25-11-16-17(12-25)19-8-7-18(16)26-19)24-13-21(9-10-21)14-3-5-15(22)6-4-14/h3-6,16-19H,2,7-13H2,1H3,(H,23,24). The van der Waals surface area contributed by atoms with Gasteiger partial charge < -0.3 is 15.0 Å². The normalized spacial score (nSPS) is 34.2. The SMILES string of the molecule is CCNC(=NCC1(c2ccc(F)cc2)CC1)N1CC2C3CCC(O3)C2C1. The van der Waals surface area contributed by atoms with Gasteiger partial charge >= 0.3 is 0 Å². The number of rotatable bonds is 4. The molecule has 140 valence electrons.